The molecule has 1 saturated carbocycles. The summed E-state index contributed by atoms with van der Waals surface area (Å²) in [7, 11) is 1.69. The number of rotatable bonds is 4. The first-order valence-electron chi connectivity index (χ1n) is 9.02. The quantitative estimate of drug-likeness (QED) is 0.851. The molecule has 1 aromatic rings. The van der Waals surface area contributed by atoms with Crippen LogP contribution >= 0.6 is 0 Å². The van der Waals surface area contributed by atoms with Gasteiger partial charge in [-0.1, -0.05) is 46.0 Å². The van der Waals surface area contributed by atoms with Crippen LogP contribution in [-0.2, 0) is 0 Å². The molecule has 128 valence electrons. The largest absolute Gasteiger partial charge is 0.496 e. The molecule has 3 heteroatoms. The van der Waals surface area contributed by atoms with E-state index in [9.17, 15) is 4.79 Å². The molecular weight excluding hydrogens is 286 g/mol. The van der Waals surface area contributed by atoms with Gasteiger partial charge in [-0.05, 0) is 48.9 Å². The molecule has 0 radical (unpaired) electrons. The summed E-state index contributed by atoms with van der Waals surface area (Å²) >= 11 is 0. The Morgan fingerprint density at radius 2 is 1.74 bits per heavy atom. The maximum atomic E-state index is 12.8. The molecule has 0 heterocycles. The monoisotopic (exact) mass is 317 g/mol. The van der Waals surface area contributed by atoms with E-state index in [4.69, 9.17) is 4.74 Å². The zero-order chi connectivity index (χ0) is 16.8. The second-order valence-corrected chi connectivity index (χ2v) is 7.08. The van der Waals surface area contributed by atoms with Gasteiger partial charge in [0.15, 0.2) is 0 Å². The zero-order valence-electron chi connectivity index (χ0n) is 15.1. The van der Waals surface area contributed by atoms with E-state index in [2.05, 4.69) is 19.2 Å². The van der Waals surface area contributed by atoms with Crippen molar-refractivity contribution in [3.8, 4) is 5.75 Å². The van der Waals surface area contributed by atoms with Gasteiger partial charge in [0.25, 0.3) is 5.91 Å². The minimum Gasteiger partial charge on any atom is -0.496 e. The fourth-order valence-electron chi connectivity index (χ4n) is 3.43. The van der Waals surface area contributed by atoms with Crippen LogP contribution in [0.25, 0.3) is 0 Å². The molecule has 0 bridgehead atoms. The molecule has 1 amide bonds. The molecule has 23 heavy (non-hydrogen) atoms. The highest BCUT2D eigenvalue weighted by molar-refractivity contribution is 5.96. The van der Waals surface area contributed by atoms with E-state index in [1.165, 1.54) is 32.1 Å². The molecule has 1 aliphatic rings. The topological polar surface area (TPSA) is 38.3 Å². The van der Waals surface area contributed by atoms with Crippen LogP contribution in [0.5, 0.6) is 5.75 Å². The highest BCUT2D eigenvalue weighted by Gasteiger charge is 2.19. The lowest BCUT2D eigenvalue weighted by atomic mass is 9.94. The van der Waals surface area contributed by atoms with Crippen molar-refractivity contribution < 1.29 is 9.53 Å². The van der Waals surface area contributed by atoms with Crippen LogP contribution in [0.15, 0.2) is 12.1 Å². The maximum Gasteiger partial charge on any atom is 0.251 e. The fraction of sp³-hybridized carbons (Fsp3) is 0.650. The summed E-state index contributed by atoms with van der Waals surface area (Å²) in [5.74, 6) is 1.27. The number of carbonyl (C=O) groups excluding carboxylic acids is 1. The number of carbonyl (C=O) groups is 1. The molecule has 1 fully saturated rings. The Labute approximate surface area is 140 Å². The number of benzene rings is 1. The van der Waals surface area contributed by atoms with E-state index in [0.29, 0.717) is 12.0 Å². The molecule has 1 aromatic carbocycles. The van der Waals surface area contributed by atoms with Crippen LogP contribution in [0.2, 0.25) is 0 Å². The lowest BCUT2D eigenvalue weighted by Gasteiger charge is -2.22. The highest BCUT2D eigenvalue weighted by Crippen LogP contribution is 2.30. The third kappa shape index (κ3) is 4.73. The zero-order valence-corrected chi connectivity index (χ0v) is 15.1. The van der Waals surface area contributed by atoms with Crippen LogP contribution in [-0.4, -0.2) is 19.1 Å². The molecule has 0 unspecified atom stereocenters. The first-order chi connectivity index (χ1) is 11.0. The lowest BCUT2D eigenvalue weighted by Crippen LogP contribution is -2.35. The van der Waals surface area contributed by atoms with E-state index in [1.54, 1.807) is 7.11 Å². The Bertz CT molecular complexity index is 529. The van der Waals surface area contributed by atoms with Crippen molar-refractivity contribution in [1.82, 2.24) is 5.32 Å². The number of aryl methyl sites for hydroxylation is 1. The molecule has 1 N–H and O–H groups in total. The molecular formula is C20H31NO2. The van der Waals surface area contributed by atoms with Crippen molar-refractivity contribution in [3.63, 3.8) is 0 Å². The van der Waals surface area contributed by atoms with Crippen molar-refractivity contribution in [1.29, 1.82) is 0 Å². The van der Waals surface area contributed by atoms with Crippen molar-refractivity contribution >= 4 is 5.91 Å². The van der Waals surface area contributed by atoms with Gasteiger partial charge in [-0.3, -0.25) is 4.79 Å². The molecule has 0 aliphatic heterocycles. The molecule has 0 aromatic heterocycles. The Hall–Kier alpha value is -1.51. The summed E-state index contributed by atoms with van der Waals surface area (Å²) in [6, 6.07) is 4.33. The number of nitrogens with one attached hydrogen (secondary N) is 1. The molecule has 0 spiro atoms. The van der Waals surface area contributed by atoms with Gasteiger partial charge in [0, 0.05) is 11.6 Å². The van der Waals surface area contributed by atoms with Crippen LogP contribution in [0, 0.1) is 6.92 Å². The average Bonchev–Trinajstić information content (AvgIpc) is 2.48. The summed E-state index contributed by atoms with van der Waals surface area (Å²) in [6.07, 6.45) is 8.61. The van der Waals surface area contributed by atoms with E-state index in [0.717, 1.165) is 35.3 Å². The van der Waals surface area contributed by atoms with E-state index >= 15 is 0 Å². The van der Waals surface area contributed by atoms with Crippen LogP contribution in [0.1, 0.15) is 86.2 Å². The average molecular weight is 317 g/mol. The van der Waals surface area contributed by atoms with Crippen molar-refractivity contribution in [2.45, 2.75) is 77.7 Å². The Kier molecular flexibility index (Phi) is 6.49. The summed E-state index contributed by atoms with van der Waals surface area (Å²) in [5, 5.41) is 3.27. The standard InChI is InChI=1S/C20H31NO2/c1-14(2)17-13-18(15(3)12-19(17)23-4)20(22)21-16-10-8-6-5-7-9-11-16/h12-14,16H,5-11H2,1-4H3,(H,21,22). The van der Waals surface area contributed by atoms with Crippen LogP contribution in [0.3, 0.4) is 0 Å². The second kappa shape index (κ2) is 8.37. The van der Waals surface area contributed by atoms with E-state index < -0.39 is 0 Å². The summed E-state index contributed by atoms with van der Waals surface area (Å²) in [4.78, 5) is 12.8. The van der Waals surface area contributed by atoms with Crippen molar-refractivity contribution in [2.24, 2.45) is 0 Å². The Morgan fingerprint density at radius 1 is 1.13 bits per heavy atom. The van der Waals surface area contributed by atoms with Gasteiger partial charge >= 0.3 is 0 Å². The molecule has 3 nitrogen and oxygen atoms in total. The van der Waals surface area contributed by atoms with Gasteiger partial charge < -0.3 is 10.1 Å². The molecule has 0 atom stereocenters. The summed E-state index contributed by atoms with van der Waals surface area (Å²) in [5.41, 5.74) is 2.87. The Balaban J connectivity index is 2.16. The summed E-state index contributed by atoms with van der Waals surface area (Å²) < 4.78 is 5.47. The van der Waals surface area contributed by atoms with Gasteiger partial charge in [-0.2, -0.15) is 0 Å². The third-order valence-corrected chi connectivity index (χ3v) is 4.88. The minimum absolute atomic E-state index is 0.0672. The van der Waals surface area contributed by atoms with Crippen LogP contribution in [0.4, 0.5) is 0 Å². The van der Waals surface area contributed by atoms with E-state index in [1.807, 2.05) is 19.1 Å². The highest BCUT2D eigenvalue weighted by atomic mass is 16.5. The van der Waals surface area contributed by atoms with E-state index in [-0.39, 0.29) is 5.91 Å². The van der Waals surface area contributed by atoms with Crippen molar-refractivity contribution in [2.75, 3.05) is 7.11 Å². The van der Waals surface area contributed by atoms with Gasteiger partial charge in [-0.25, -0.2) is 0 Å². The normalized spacial score (nSPS) is 16.7. The number of amides is 1. The predicted octanol–water partition coefficient (Wildman–Crippen LogP) is 4.97. The Morgan fingerprint density at radius 3 is 2.30 bits per heavy atom. The number of methoxy groups -OCH3 is 1. The first kappa shape index (κ1) is 17.8. The third-order valence-electron chi connectivity index (χ3n) is 4.88. The minimum atomic E-state index is 0.0672. The second-order valence-electron chi connectivity index (χ2n) is 7.08. The van der Waals surface area contributed by atoms with Crippen molar-refractivity contribution in [3.05, 3.63) is 28.8 Å². The predicted molar refractivity (Wildman–Crippen MR) is 95.4 cm³/mol. The number of hydrogen-bond acceptors (Lipinski definition) is 2. The summed E-state index contributed by atoms with van der Waals surface area (Å²) in [6.45, 7) is 6.24. The SMILES string of the molecule is COc1cc(C)c(C(=O)NC2CCCCCCC2)cc1C(C)C. The molecule has 1 aliphatic carbocycles. The maximum absolute atomic E-state index is 12.8. The van der Waals surface area contributed by atoms with Gasteiger partial charge in [0.2, 0.25) is 0 Å². The first-order valence-corrected chi connectivity index (χ1v) is 9.02. The molecule has 2 rings (SSSR count). The molecule has 0 saturated heterocycles. The van der Waals surface area contributed by atoms with Crippen LogP contribution < -0.4 is 10.1 Å². The van der Waals surface area contributed by atoms with Gasteiger partial charge in [0.05, 0.1) is 7.11 Å². The lowest BCUT2D eigenvalue weighted by molar-refractivity contribution is 0.0929. The smallest absolute Gasteiger partial charge is 0.251 e. The number of hydrogen-bond donors (Lipinski definition) is 1. The number of ether oxygens (including phenoxy) is 1. The van der Waals surface area contributed by atoms with Gasteiger partial charge in [0.1, 0.15) is 5.75 Å². The fourth-order valence-corrected chi connectivity index (χ4v) is 3.43. The van der Waals surface area contributed by atoms with Gasteiger partial charge in [-0.15, -0.1) is 0 Å².